The van der Waals surface area contributed by atoms with Gasteiger partial charge in [0, 0.05) is 11.8 Å². The van der Waals surface area contributed by atoms with Crippen LogP contribution in [0.5, 0.6) is 5.75 Å². The maximum absolute atomic E-state index is 14.1. The number of halogens is 1. The highest BCUT2D eigenvalue weighted by atomic mass is 32.1. The minimum atomic E-state index is -0.321. The summed E-state index contributed by atoms with van der Waals surface area (Å²) in [6.07, 6.45) is 5.80. The van der Waals surface area contributed by atoms with Crippen molar-refractivity contribution < 1.29 is 9.13 Å². The fraction of sp³-hybridized carbons (Fsp3) is 0.333. The quantitative estimate of drug-likeness (QED) is 0.726. The molecule has 0 amide bonds. The van der Waals surface area contributed by atoms with Crippen LogP contribution in [0.2, 0.25) is 0 Å². The van der Waals surface area contributed by atoms with E-state index in [4.69, 9.17) is 4.74 Å². The topological polar surface area (TPSA) is 22.1 Å². The van der Waals surface area contributed by atoms with Gasteiger partial charge < -0.3 is 4.74 Å². The van der Waals surface area contributed by atoms with Crippen molar-refractivity contribution in [1.29, 1.82) is 0 Å². The third kappa shape index (κ3) is 3.32. The van der Waals surface area contributed by atoms with E-state index < -0.39 is 0 Å². The predicted octanol–water partition coefficient (Wildman–Crippen LogP) is 4.50. The molecule has 1 aromatic carbocycles. The van der Waals surface area contributed by atoms with Gasteiger partial charge in [-0.25, -0.2) is 9.37 Å². The molecule has 0 aliphatic heterocycles. The molecule has 2 rings (SSSR count). The molecule has 1 aromatic heterocycles. The van der Waals surface area contributed by atoms with E-state index in [0.29, 0.717) is 5.56 Å². The molecule has 0 aliphatic rings. The summed E-state index contributed by atoms with van der Waals surface area (Å²) in [7, 11) is 1.47. The van der Waals surface area contributed by atoms with Crippen molar-refractivity contribution in [3.05, 3.63) is 42.1 Å². The zero-order valence-corrected chi connectivity index (χ0v) is 11.8. The number of benzene rings is 1. The Bertz CT molecular complexity index is 539. The van der Waals surface area contributed by atoms with Crippen LogP contribution in [0.1, 0.15) is 24.3 Å². The molecule has 0 atom stereocenters. The molecule has 0 saturated heterocycles. The first kappa shape index (κ1) is 14.0. The largest absolute Gasteiger partial charge is 0.494 e. The van der Waals surface area contributed by atoms with Crippen molar-refractivity contribution in [1.82, 2.24) is 4.98 Å². The molecule has 1 heterocycles. The average Bonchev–Trinajstić information content (AvgIpc) is 2.88. The van der Waals surface area contributed by atoms with E-state index in [1.54, 1.807) is 35.7 Å². The molecule has 0 fully saturated rings. The van der Waals surface area contributed by atoms with Crippen LogP contribution in [-0.2, 0) is 6.42 Å². The lowest BCUT2D eigenvalue weighted by molar-refractivity contribution is 0.387. The Morgan fingerprint density at radius 1 is 1.37 bits per heavy atom. The molecule has 0 aliphatic carbocycles. The van der Waals surface area contributed by atoms with Gasteiger partial charge in [0.15, 0.2) is 11.6 Å². The number of hydrogen-bond acceptors (Lipinski definition) is 3. The van der Waals surface area contributed by atoms with Gasteiger partial charge in [0.25, 0.3) is 0 Å². The molecule has 101 valence electrons. The van der Waals surface area contributed by atoms with Crippen molar-refractivity contribution in [2.24, 2.45) is 0 Å². The summed E-state index contributed by atoms with van der Waals surface area (Å²) in [6.45, 7) is 3.82. The van der Waals surface area contributed by atoms with Crippen LogP contribution in [0.25, 0.3) is 10.4 Å². The van der Waals surface area contributed by atoms with Gasteiger partial charge in [-0.3, -0.25) is 0 Å². The van der Waals surface area contributed by atoms with Crippen molar-refractivity contribution in [3.63, 3.8) is 0 Å². The minimum Gasteiger partial charge on any atom is -0.494 e. The van der Waals surface area contributed by atoms with Gasteiger partial charge in [-0.05, 0) is 18.9 Å². The first-order valence-corrected chi connectivity index (χ1v) is 7.14. The molecule has 2 aromatic rings. The number of methoxy groups -OCH3 is 1. The Labute approximate surface area is 117 Å². The maximum atomic E-state index is 14.1. The molecule has 1 radical (unpaired) electrons. The molecule has 0 saturated carbocycles. The first-order chi connectivity index (χ1) is 9.26. The van der Waals surface area contributed by atoms with Crippen LogP contribution in [0.15, 0.2) is 24.4 Å². The van der Waals surface area contributed by atoms with Crippen LogP contribution in [0.3, 0.4) is 0 Å². The number of unbranched alkanes of at least 4 members (excludes halogenated alkanes) is 2. The van der Waals surface area contributed by atoms with Gasteiger partial charge in [0.2, 0.25) is 0 Å². The second-order valence-electron chi connectivity index (χ2n) is 4.25. The lowest BCUT2D eigenvalue weighted by atomic mass is 10.2. The number of thiazole rings is 1. The molecular weight excluding hydrogens is 261 g/mol. The van der Waals surface area contributed by atoms with E-state index in [-0.39, 0.29) is 11.6 Å². The fourth-order valence-corrected chi connectivity index (χ4v) is 2.84. The highest BCUT2D eigenvalue weighted by Crippen LogP contribution is 2.32. The lowest BCUT2D eigenvalue weighted by Crippen LogP contribution is -1.89. The van der Waals surface area contributed by atoms with Crippen LogP contribution in [-0.4, -0.2) is 12.1 Å². The lowest BCUT2D eigenvalue weighted by Gasteiger charge is -2.04. The summed E-state index contributed by atoms with van der Waals surface area (Å²) in [5, 5.41) is 1.05. The molecule has 4 heteroatoms. The number of hydrogen-bond donors (Lipinski definition) is 0. The standard InChI is InChI=1S/C15H17FNOS/c1-3-4-5-9-14-17-10-13(19-14)11-7-6-8-12(18-2)15(11)16/h6-8,10H,1,3-5,9H2,2H3. The van der Waals surface area contributed by atoms with Crippen LogP contribution in [0.4, 0.5) is 4.39 Å². The van der Waals surface area contributed by atoms with Crippen LogP contribution < -0.4 is 4.74 Å². The second kappa shape index (κ2) is 6.66. The van der Waals surface area contributed by atoms with Gasteiger partial charge in [0.05, 0.1) is 17.0 Å². The number of rotatable bonds is 6. The predicted molar refractivity (Wildman–Crippen MR) is 77.0 cm³/mol. The molecule has 2 nitrogen and oxygen atoms in total. The van der Waals surface area contributed by atoms with Gasteiger partial charge in [-0.1, -0.05) is 31.9 Å². The van der Waals surface area contributed by atoms with Gasteiger partial charge in [-0.15, -0.1) is 11.3 Å². The summed E-state index contributed by atoms with van der Waals surface area (Å²) < 4.78 is 19.1. The van der Waals surface area contributed by atoms with E-state index in [9.17, 15) is 4.39 Å². The molecule has 0 unspecified atom stereocenters. The van der Waals surface area contributed by atoms with Crippen molar-refractivity contribution in [2.75, 3.05) is 7.11 Å². The van der Waals surface area contributed by atoms with E-state index >= 15 is 0 Å². The van der Waals surface area contributed by atoms with E-state index in [1.807, 2.05) is 0 Å². The Kier molecular flexibility index (Phi) is 4.91. The Morgan fingerprint density at radius 3 is 2.95 bits per heavy atom. The monoisotopic (exact) mass is 278 g/mol. The van der Waals surface area contributed by atoms with Crippen molar-refractivity contribution in [3.8, 4) is 16.2 Å². The second-order valence-corrected chi connectivity index (χ2v) is 5.37. The van der Waals surface area contributed by atoms with Crippen molar-refractivity contribution >= 4 is 11.3 Å². The average molecular weight is 278 g/mol. The normalized spacial score (nSPS) is 10.7. The highest BCUT2D eigenvalue weighted by molar-refractivity contribution is 7.15. The summed E-state index contributed by atoms with van der Waals surface area (Å²) >= 11 is 1.54. The molecule has 0 N–H and O–H groups in total. The van der Waals surface area contributed by atoms with Gasteiger partial charge in [-0.2, -0.15) is 0 Å². The Balaban J connectivity index is 2.18. The summed E-state index contributed by atoms with van der Waals surface area (Å²) in [6, 6.07) is 5.17. The summed E-state index contributed by atoms with van der Waals surface area (Å²) in [5.41, 5.74) is 0.556. The van der Waals surface area contributed by atoms with Crippen LogP contribution >= 0.6 is 11.3 Å². The SMILES string of the molecule is [CH2]CCCCc1ncc(-c2cccc(OC)c2F)s1. The number of ether oxygens (including phenoxy) is 1. The Hall–Kier alpha value is -1.42. The van der Waals surface area contributed by atoms with Crippen molar-refractivity contribution in [2.45, 2.75) is 25.7 Å². The summed E-state index contributed by atoms with van der Waals surface area (Å²) in [4.78, 5) is 5.20. The Morgan fingerprint density at radius 2 is 2.21 bits per heavy atom. The smallest absolute Gasteiger partial charge is 0.173 e. The fourth-order valence-electron chi connectivity index (χ4n) is 1.86. The first-order valence-electron chi connectivity index (χ1n) is 6.33. The van der Waals surface area contributed by atoms with E-state index in [0.717, 1.165) is 35.6 Å². The third-order valence-corrected chi connectivity index (χ3v) is 3.98. The van der Waals surface area contributed by atoms with Gasteiger partial charge in [0.1, 0.15) is 0 Å². The maximum Gasteiger partial charge on any atom is 0.173 e. The number of aryl methyl sites for hydroxylation is 1. The van der Waals surface area contributed by atoms with E-state index in [1.165, 1.54) is 7.11 Å². The minimum absolute atomic E-state index is 0.268. The zero-order valence-electron chi connectivity index (χ0n) is 11.0. The molecule has 0 spiro atoms. The third-order valence-electron chi connectivity index (χ3n) is 2.89. The highest BCUT2D eigenvalue weighted by Gasteiger charge is 2.12. The van der Waals surface area contributed by atoms with Crippen LogP contribution in [0, 0.1) is 12.7 Å². The molecule has 19 heavy (non-hydrogen) atoms. The zero-order chi connectivity index (χ0) is 13.7. The number of aromatic nitrogens is 1. The van der Waals surface area contributed by atoms with Gasteiger partial charge >= 0.3 is 0 Å². The molecule has 0 bridgehead atoms. The number of nitrogens with zero attached hydrogens (tertiary/aromatic N) is 1. The molecular formula is C15H17FNOS. The summed E-state index contributed by atoms with van der Waals surface area (Å²) in [5.74, 6) is -0.0533. The van der Waals surface area contributed by atoms with E-state index in [2.05, 4.69) is 11.9 Å².